The lowest BCUT2D eigenvalue weighted by Crippen LogP contribution is -2.38. The largest absolute Gasteiger partial charge is 0.459 e. The molecule has 0 radical (unpaired) electrons. The van der Waals surface area contributed by atoms with Crippen LogP contribution in [0.15, 0.2) is 30.3 Å². The van der Waals surface area contributed by atoms with Gasteiger partial charge in [-0.15, -0.1) is 0 Å². The van der Waals surface area contributed by atoms with Gasteiger partial charge in [0.05, 0.1) is 18.1 Å². The molecule has 4 atom stereocenters. The molecule has 1 aliphatic rings. The van der Waals surface area contributed by atoms with Crippen molar-refractivity contribution in [1.29, 1.82) is 0 Å². The minimum absolute atomic E-state index is 0.0922. The molecule has 1 aromatic rings. The summed E-state index contributed by atoms with van der Waals surface area (Å²) in [4.78, 5) is 35.2. The Kier molecular flexibility index (Phi) is 9.08. The monoisotopic (exact) mass is 408 g/mol. The van der Waals surface area contributed by atoms with Crippen molar-refractivity contribution in [3.8, 4) is 0 Å². The summed E-state index contributed by atoms with van der Waals surface area (Å²) in [5.41, 5.74) is 0.411. The topological polar surface area (TPSA) is 97.4 Å². The third-order valence-electron chi connectivity index (χ3n) is 4.40. The van der Waals surface area contributed by atoms with E-state index in [1.807, 2.05) is 6.92 Å². The van der Waals surface area contributed by atoms with Crippen molar-refractivity contribution in [3.05, 3.63) is 35.9 Å². The molecule has 0 aromatic heterocycles. The van der Waals surface area contributed by atoms with E-state index >= 15 is 0 Å². The fourth-order valence-electron chi connectivity index (χ4n) is 3.00. The lowest BCUT2D eigenvalue weighted by Gasteiger charge is -2.23. The second-order valence-electron chi connectivity index (χ2n) is 6.78. The van der Waals surface area contributed by atoms with Crippen molar-refractivity contribution >= 4 is 17.9 Å². The smallest absolute Gasteiger partial charge is 0.338 e. The van der Waals surface area contributed by atoms with Crippen LogP contribution >= 0.6 is 0 Å². The highest BCUT2D eigenvalue weighted by atomic mass is 16.7. The van der Waals surface area contributed by atoms with Gasteiger partial charge in [-0.25, -0.2) is 4.79 Å². The van der Waals surface area contributed by atoms with E-state index in [9.17, 15) is 14.4 Å². The number of esters is 3. The maximum Gasteiger partial charge on any atom is 0.338 e. The third-order valence-corrected chi connectivity index (χ3v) is 4.40. The highest BCUT2D eigenvalue weighted by Crippen LogP contribution is 2.31. The number of ether oxygens (including phenoxy) is 5. The van der Waals surface area contributed by atoms with E-state index in [0.717, 1.165) is 12.8 Å². The van der Waals surface area contributed by atoms with Crippen LogP contribution in [0.2, 0.25) is 0 Å². The van der Waals surface area contributed by atoms with Crippen molar-refractivity contribution in [2.45, 2.75) is 52.1 Å². The highest BCUT2D eigenvalue weighted by Gasteiger charge is 2.49. The number of unbranched alkanes of at least 4 members (excludes halogenated alkanes) is 1. The first-order chi connectivity index (χ1) is 13.9. The van der Waals surface area contributed by atoms with Crippen LogP contribution in [0.1, 0.15) is 44.0 Å². The Morgan fingerprint density at radius 2 is 1.69 bits per heavy atom. The number of carbonyl (C=O) groups excluding carboxylic acids is 3. The highest BCUT2D eigenvalue weighted by molar-refractivity contribution is 5.89. The van der Waals surface area contributed by atoms with Crippen LogP contribution < -0.4 is 0 Å². The van der Waals surface area contributed by atoms with Gasteiger partial charge in [0, 0.05) is 20.5 Å². The summed E-state index contributed by atoms with van der Waals surface area (Å²) in [6.45, 7) is 5.21. The molecule has 29 heavy (non-hydrogen) atoms. The van der Waals surface area contributed by atoms with Gasteiger partial charge in [0.25, 0.3) is 0 Å². The first-order valence-electron chi connectivity index (χ1n) is 9.72. The second kappa shape index (κ2) is 11.5. The van der Waals surface area contributed by atoms with Gasteiger partial charge in [-0.1, -0.05) is 31.5 Å². The summed E-state index contributed by atoms with van der Waals surface area (Å²) in [5, 5.41) is 0. The molecule has 0 saturated carbocycles. The molecule has 160 valence electrons. The van der Waals surface area contributed by atoms with Gasteiger partial charge in [-0.3, -0.25) is 9.59 Å². The van der Waals surface area contributed by atoms with Crippen LogP contribution in [0.4, 0.5) is 0 Å². The van der Waals surface area contributed by atoms with Gasteiger partial charge < -0.3 is 23.7 Å². The molecule has 1 aromatic carbocycles. The van der Waals surface area contributed by atoms with Crippen molar-refractivity contribution in [2.75, 3.05) is 19.8 Å². The molecule has 0 N–H and O–H groups in total. The lowest BCUT2D eigenvalue weighted by atomic mass is 9.99. The normalized spacial score (nSPS) is 23.4. The van der Waals surface area contributed by atoms with E-state index in [1.165, 1.54) is 13.8 Å². The first-order valence-corrected chi connectivity index (χ1v) is 9.72. The average Bonchev–Trinajstić information content (AvgIpc) is 2.99. The quantitative estimate of drug-likeness (QED) is 0.331. The lowest BCUT2D eigenvalue weighted by molar-refractivity contribution is -0.195. The van der Waals surface area contributed by atoms with E-state index in [-0.39, 0.29) is 13.2 Å². The van der Waals surface area contributed by atoms with Crippen LogP contribution in [0.3, 0.4) is 0 Å². The zero-order valence-electron chi connectivity index (χ0n) is 17.0. The summed E-state index contributed by atoms with van der Waals surface area (Å²) < 4.78 is 27.4. The third kappa shape index (κ3) is 7.14. The predicted molar refractivity (Wildman–Crippen MR) is 102 cm³/mol. The molecule has 1 saturated heterocycles. The molecule has 1 fully saturated rings. The fourth-order valence-corrected chi connectivity index (χ4v) is 3.00. The summed E-state index contributed by atoms with van der Waals surface area (Å²) in [6.07, 6.45) is -0.733. The molecule has 0 amide bonds. The van der Waals surface area contributed by atoms with Crippen LogP contribution in [0.5, 0.6) is 0 Å². The molecule has 1 heterocycles. The van der Waals surface area contributed by atoms with Gasteiger partial charge in [-0.2, -0.15) is 0 Å². The molecular formula is C21H28O8. The molecule has 8 heteroatoms. The van der Waals surface area contributed by atoms with Crippen molar-refractivity contribution in [2.24, 2.45) is 5.92 Å². The number of rotatable bonds is 10. The molecule has 0 spiro atoms. The Balaban J connectivity index is 2.08. The van der Waals surface area contributed by atoms with E-state index in [0.29, 0.717) is 12.2 Å². The Hall–Kier alpha value is -2.45. The van der Waals surface area contributed by atoms with Gasteiger partial charge >= 0.3 is 17.9 Å². The predicted octanol–water partition coefficient (Wildman–Crippen LogP) is 2.50. The molecule has 1 unspecified atom stereocenters. The van der Waals surface area contributed by atoms with Gasteiger partial charge in [0.2, 0.25) is 6.29 Å². The minimum Gasteiger partial charge on any atom is -0.459 e. The number of benzene rings is 1. The van der Waals surface area contributed by atoms with Crippen LogP contribution in [-0.2, 0) is 33.3 Å². The fraction of sp³-hybridized carbons (Fsp3) is 0.571. The van der Waals surface area contributed by atoms with Gasteiger partial charge in [-0.05, 0) is 18.6 Å². The van der Waals surface area contributed by atoms with Gasteiger partial charge in [0.15, 0.2) is 6.10 Å². The van der Waals surface area contributed by atoms with Crippen LogP contribution in [0, 0.1) is 5.92 Å². The minimum atomic E-state index is -1.09. The molecule has 8 nitrogen and oxygen atoms in total. The standard InChI is InChI=1S/C21H28O8/c1-4-5-11-25-12-17-18(13-26-20(24)16-9-7-6-8-10-16)29-21(28-15(3)23)19(17)27-14(2)22/h6-10,17-19,21H,4-5,11-13H2,1-3H3/t17-,18-,19-,21?/m1/s1. The van der Waals surface area contributed by atoms with Crippen molar-refractivity contribution < 1.29 is 38.1 Å². The van der Waals surface area contributed by atoms with E-state index < -0.39 is 42.3 Å². The zero-order chi connectivity index (χ0) is 21.2. The summed E-state index contributed by atoms with van der Waals surface area (Å²) >= 11 is 0. The van der Waals surface area contributed by atoms with Gasteiger partial charge in [0.1, 0.15) is 12.7 Å². The zero-order valence-corrected chi connectivity index (χ0v) is 17.0. The number of hydrogen-bond acceptors (Lipinski definition) is 8. The summed E-state index contributed by atoms with van der Waals surface area (Å²) in [6, 6.07) is 8.56. The van der Waals surface area contributed by atoms with E-state index in [2.05, 4.69) is 0 Å². The Morgan fingerprint density at radius 1 is 1.00 bits per heavy atom. The second-order valence-corrected chi connectivity index (χ2v) is 6.78. The Morgan fingerprint density at radius 3 is 2.31 bits per heavy atom. The van der Waals surface area contributed by atoms with Crippen LogP contribution in [-0.4, -0.2) is 56.2 Å². The molecule has 0 aliphatic carbocycles. The molecule has 0 bridgehead atoms. The maximum atomic E-state index is 12.2. The molecular weight excluding hydrogens is 380 g/mol. The first kappa shape index (κ1) is 22.8. The van der Waals surface area contributed by atoms with Crippen LogP contribution in [0.25, 0.3) is 0 Å². The SMILES string of the molecule is CCCCOC[C@@H]1[C@@H](COC(=O)c2ccccc2)OC(OC(C)=O)[C@@H]1OC(C)=O. The number of hydrogen-bond donors (Lipinski definition) is 0. The van der Waals surface area contributed by atoms with E-state index in [1.54, 1.807) is 30.3 Å². The number of carbonyl (C=O) groups is 3. The average molecular weight is 408 g/mol. The Labute approximate surface area is 170 Å². The molecule has 1 aliphatic heterocycles. The van der Waals surface area contributed by atoms with Crippen molar-refractivity contribution in [3.63, 3.8) is 0 Å². The maximum absolute atomic E-state index is 12.2. The molecule has 2 rings (SSSR count). The summed E-state index contributed by atoms with van der Waals surface area (Å²) in [5.74, 6) is -2.06. The summed E-state index contributed by atoms with van der Waals surface area (Å²) in [7, 11) is 0. The Bertz CT molecular complexity index is 675. The van der Waals surface area contributed by atoms with E-state index in [4.69, 9.17) is 23.7 Å². The van der Waals surface area contributed by atoms with Crippen molar-refractivity contribution in [1.82, 2.24) is 0 Å².